The molecule has 25 heavy (non-hydrogen) atoms. The normalized spacial score (nSPS) is 6.80. The molecule has 2 aromatic rings. The van der Waals surface area contributed by atoms with Gasteiger partial charge in [0.05, 0.1) is 0 Å². The quantitative estimate of drug-likeness (QED) is 0.287. The molecule has 0 N–H and O–H groups in total. The zero-order valence-corrected chi connectivity index (χ0v) is 20.0. The molecule has 0 aliphatic rings. The molecule has 0 aromatic heterocycles. The van der Waals surface area contributed by atoms with Gasteiger partial charge in [-0.25, -0.2) is 0 Å². The van der Waals surface area contributed by atoms with Crippen LogP contribution in [-0.4, -0.2) is 0 Å². The molecule has 0 unspecified atom stereocenters. The third kappa shape index (κ3) is 45.1. The Labute approximate surface area is 173 Å². The Morgan fingerprint density at radius 2 is 0.760 bits per heavy atom. The Bertz CT molecular complexity index is 328. The van der Waals surface area contributed by atoms with Crippen LogP contribution in [0, 0.1) is 20.3 Å². The van der Waals surface area contributed by atoms with Crippen molar-refractivity contribution in [2.75, 3.05) is 0 Å². The van der Waals surface area contributed by atoms with Crippen molar-refractivity contribution in [1.29, 1.82) is 0 Å². The Morgan fingerprint density at radius 1 is 0.600 bits per heavy atom. The third-order valence-electron chi connectivity index (χ3n) is 1.88. The van der Waals surface area contributed by atoms with Crippen LogP contribution in [0.2, 0.25) is 0 Å². The minimum atomic E-state index is 0. The summed E-state index contributed by atoms with van der Waals surface area (Å²) in [6.07, 6.45) is 3.25. The minimum Gasteiger partial charge on any atom is -0.335 e. The third-order valence-corrected chi connectivity index (χ3v) is 1.88. The van der Waals surface area contributed by atoms with Crippen molar-refractivity contribution >= 4 is 0 Å². The zero-order valence-electron chi connectivity index (χ0n) is 18.4. The smallest absolute Gasteiger partial charge is 0 e. The second-order valence-electron chi connectivity index (χ2n) is 4.59. The van der Waals surface area contributed by atoms with E-state index in [1.54, 1.807) is 0 Å². The van der Waals surface area contributed by atoms with E-state index in [9.17, 15) is 0 Å². The van der Waals surface area contributed by atoms with Gasteiger partial charge in [-0.15, -0.1) is 0 Å². The fourth-order valence-electron chi connectivity index (χ4n) is 1.07. The summed E-state index contributed by atoms with van der Waals surface area (Å²) in [4.78, 5) is 0. The van der Waals surface area contributed by atoms with Crippen LogP contribution in [0.25, 0.3) is 0 Å². The fraction of sp³-hybridized carbons (Fsp3) is 0.458. The van der Waals surface area contributed by atoms with Crippen molar-refractivity contribution in [3.05, 3.63) is 78.2 Å². The predicted molar refractivity (Wildman–Crippen MR) is 117 cm³/mol. The van der Waals surface area contributed by atoms with Crippen LogP contribution in [0.4, 0.5) is 0 Å². The SMILES string of the molecule is CC.CC.CCC.C[CH-]C.Cc1ccccc1.Cc1ccccc1.[Rh]. The van der Waals surface area contributed by atoms with Crippen LogP contribution >= 0.6 is 0 Å². The number of hydrogen-bond acceptors (Lipinski definition) is 0. The van der Waals surface area contributed by atoms with E-state index in [1.165, 1.54) is 17.5 Å². The van der Waals surface area contributed by atoms with Crippen LogP contribution in [0.5, 0.6) is 0 Å². The Hall–Kier alpha value is -0.937. The molecule has 0 amide bonds. The van der Waals surface area contributed by atoms with Crippen molar-refractivity contribution in [3.8, 4) is 0 Å². The molecule has 1 heteroatoms. The summed E-state index contributed by atoms with van der Waals surface area (Å²) in [6.45, 7) is 20.4. The zero-order chi connectivity index (χ0) is 19.6. The van der Waals surface area contributed by atoms with Crippen LogP contribution in [-0.2, 0) is 19.5 Å². The largest absolute Gasteiger partial charge is 0.335 e. The van der Waals surface area contributed by atoms with Crippen LogP contribution in [0.1, 0.15) is 72.9 Å². The van der Waals surface area contributed by atoms with Crippen LogP contribution in [0.3, 0.4) is 0 Å². The first-order valence-electron chi connectivity index (χ1n) is 9.39. The van der Waals surface area contributed by atoms with E-state index in [0.717, 1.165) is 0 Å². The van der Waals surface area contributed by atoms with Gasteiger partial charge in [0.25, 0.3) is 0 Å². The first-order chi connectivity index (χ1) is 11.6. The average Bonchev–Trinajstić information content (AvgIpc) is 2.62. The average molecular weight is 435 g/mol. The van der Waals surface area contributed by atoms with Gasteiger partial charge in [0.2, 0.25) is 0 Å². The van der Waals surface area contributed by atoms with E-state index in [1.807, 2.05) is 84.4 Å². The van der Waals surface area contributed by atoms with Gasteiger partial charge in [0.1, 0.15) is 0 Å². The molecule has 0 atom stereocenters. The van der Waals surface area contributed by atoms with Gasteiger partial charge in [-0.1, -0.05) is 120 Å². The molecule has 2 rings (SSSR count). The number of aryl methyl sites for hydroxylation is 2. The molecule has 0 fully saturated rings. The van der Waals surface area contributed by atoms with E-state index < -0.39 is 0 Å². The van der Waals surface area contributed by atoms with E-state index in [-0.39, 0.29) is 19.5 Å². The van der Waals surface area contributed by atoms with Crippen molar-refractivity contribution in [2.24, 2.45) is 0 Å². The molecule has 0 heterocycles. The van der Waals surface area contributed by atoms with E-state index >= 15 is 0 Å². The summed E-state index contributed by atoms with van der Waals surface area (Å²) in [5.41, 5.74) is 2.64. The number of rotatable bonds is 0. The fourth-order valence-corrected chi connectivity index (χ4v) is 1.07. The Balaban J connectivity index is -0.0000000698. The molecule has 0 spiro atoms. The van der Waals surface area contributed by atoms with Crippen molar-refractivity contribution in [3.63, 3.8) is 0 Å². The summed E-state index contributed by atoms with van der Waals surface area (Å²) in [7, 11) is 0. The van der Waals surface area contributed by atoms with E-state index in [2.05, 4.69) is 52.0 Å². The van der Waals surface area contributed by atoms with Crippen LogP contribution in [0.15, 0.2) is 60.7 Å². The van der Waals surface area contributed by atoms with Gasteiger partial charge in [-0.3, -0.25) is 0 Å². The maximum atomic E-state index is 2.12. The first-order valence-corrected chi connectivity index (χ1v) is 9.39. The summed E-state index contributed by atoms with van der Waals surface area (Å²) >= 11 is 0. The van der Waals surface area contributed by atoms with Crippen molar-refractivity contribution < 1.29 is 19.5 Å². The molecule has 1 radical (unpaired) electrons. The molecule has 0 saturated carbocycles. The molecule has 0 saturated heterocycles. The van der Waals surface area contributed by atoms with Crippen molar-refractivity contribution in [1.82, 2.24) is 0 Å². The molecule has 0 aliphatic heterocycles. The maximum absolute atomic E-state index is 2.12. The standard InChI is InChI=1S/2C7H8.C3H8.C3H7.2C2H6.Rh/c2*1-7-5-3-2-4-6-7;2*1-3-2;2*1-2;/h2*2-6H,1H3;3H2,1-2H3;3H,1-2H3;2*1-2H3;/q;;;-1;;;. The Morgan fingerprint density at radius 3 is 0.840 bits per heavy atom. The number of benzene rings is 2. The first kappa shape index (κ1) is 35.2. The maximum Gasteiger partial charge on any atom is 0 e. The van der Waals surface area contributed by atoms with E-state index in [0.29, 0.717) is 0 Å². The van der Waals surface area contributed by atoms with Gasteiger partial charge in [0.15, 0.2) is 0 Å². The summed E-state index contributed by atoms with van der Waals surface area (Å²) in [6, 6.07) is 20.5. The monoisotopic (exact) mass is 434 g/mol. The summed E-state index contributed by atoms with van der Waals surface area (Å²) < 4.78 is 0. The second kappa shape index (κ2) is 38.6. The van der Waals surface area contributed by atoms with Crippen molar-refractivity contribution in [2.45, 2.75) is 75.7 Å². The minimum absolute atomic E-state index is 0. The molecular formula is C24H43Rh-. The van der Waals surface area contributed by atoms with Crippen LogP contribution < -0.4 is 0 Å². The topological polar surface area (TPSA) is 0 Å². The van der Waals surface area contributed by atoms with Gasteiger partial charge in [0, 0.05) is 19.5 Å². The molecular weight excluding hydrogens is 391 g/mol. The van der Waals surface area contributed by atoms with Gasteiger partial charge in [-0.2, -0.15) is 13.8 Å². The Kier molecular flexibility index (Phi) is 54.3. The predicted octanol–water partition coefficient (Wildman–Crippen LogP) is 8.69. The van der Waals surface area contributed by atoms with E-state index in [4.69, 9.17) is 0 Å². The second-order valence-corrected chi connectivity index (χ2v) is 4.59. The molecule has 0 bridgehead atoms. The summed E-state index contributed by atoms with van der Waals surface area (Å²) in [5, 5.41) is 0. The molecule has 0 nitrogen and oxygen atoms in total. The molecule has 149 valence electrons. The van der Waals surface area contributed by atoms with Gasteiger partial charge >= 0.3 is 0 Å². The number of hydrogen-bond donors (Lipinski definition) is 0. The van der Waals surface area contributed by atoms with Gasteiger partial charge in [-0.05, 0) is 13.8 Å². The summed E-state index contributed by atoms with van der Waals surface area (Å²) in [5.74, 6) is 0. The van der Waals surface area contributed by atoms with Gasteiger partial charge < -0.3 is 6.42 Å². The molecule has 2 aromatic carbocycles. The molecule has 0 aliphatic carbocycles.